The summed E-state index contributed by atoms with van der Waals surface area (Å²) in [5, 5.41) is 11.6. The van der Waals surface area contributed by atoms with Gasteiger partial charge < -0.3 is 0 Å². The van der Waals surface area contributed by atoms with E-state index in [1.807, 2.05) is 45.1 Å². The third-order valence-corrected chi connectivity index (χ3v) is 6.64. The van der Waals surface area contributed by atoms with E-state index in [2.05, 4.69) is 9.97 Å². The number of nitrogens with one attached hydrogen (secondary N) is 4. The fraction of sp³-hybridized carbons (Fsp3) is 0.136. The molecule has 4 N–H and O–H groups in total. The average Bonchev–Trinajstić information content (AvgIpc) is 3.59. The Morgan fingerprint density at radius 2 is 1.21 bits per heavy atom. The number of urea groups is 2. The molecule has 0 bridgehead atoms. The van der Waals surface area contributed by atoms with Crippen LogP contribution in [0.1, 0.15) is 34.0 Å². The van der Waals surface area contributed by atoms with Crippen molar-refractivity contribution in [3.05, 3.63) is 51.5 Å². The molecule has 8 amide bonds. The fourth-order valence-corrected chi connectivity index (χ4v) is 4.93. The summed E-state index contributed by atoms with van der Waals surface area (Å²) >= 11 is 2.98. The molecule has 15 nitrogen and oxygen atoms in total. The highest BCUT2D eigenvalue weighted by Gasteiger charge is 2.28. The molecule has 0 spiro atoms. The van der Waals surface area contributed by atoms with Crippen LogP contribution in [0.25, 0.3) is 16.0 Å². The van der Waals surface area contributed by atoms with Crippen molar-refractivity contribution >= 4 is 80.6 Å². The van der Waals surface area contributed by atoms with Crippen LogP contribution >= 0.6 is 22.7 Å². The van der Waals surface area contributed by atoms with E-state index in [0.717, 1.165) is 21.9 Å². The summed E-state index contributed by atoms with van der Waals surface area (Å²) in [6.07, 6.45) is 5.66. The van der Waals surface area contributed by atoms with E-state index in [1.165, 1.54) is 28.7 Å². The van der Waals surface area contributed by atoms with E-state index in [4.69, 9.17) is 0 Å². The molecule has 0 aliphatic carbocycles. The molecule has 6 rings (SSSR count). The molecule has 0 saturated carbocycles. The predicted molar refractivity (Wildman–Crippen MR) is 137 cm³/mol. The Bertz CT molecular complexity index is 1640. The number of amides is 8. The lowest BCUT2D eigenvalue weighted by molar-refractivity contribution is -0.130. The number of imidazole rings is 2. The van der Waals surface area contributed by atoms with Gasteiger partial charge in [0.25, 0.3) is 11.8 Å². The molecular weight excluding hydrogens is 552 g/mol. The lowest BCUT2D eigenvalue weighted by atomic mass is 10.1. The van der Waals surface area contributed by atoms with Crippen molar-refractivity contribution in [1.82, 2.24) is 40.0 Å². The van der Waals surface area contributed by atoms with Crippen LogP contribution < -0.4 is 21.3 Å². The molecule has 0 atom stereocenters. The van der Waals surface area contributed by atoms with E-state index < -0.39 is 35.7 Å². The van der Waals surface area contributed by atoms with Gasteiger partial charge in [-0.05, 0) is 19.9 Å². The van der Waals surface area contributed by atoms with Crippen molar-refractivity contribution in [3.8, 4) is 0 Å². The van der Waals surface area contributed by atoms with Crippen LogP contribution in [-0.4, -0.2) is 60.7 Å². The number of aromatic nitrogens is 4. The first kappa shape index (κ1) is 27.0. The van der Waals surface area contributed by atoms with Crippen LogP contribution in [0.4, 0.5) is 9.59 Å². The summed E-state index contributed by atoms with van der Waals surface area (Å²) in [6.45, 7) is 3.62. The number of carbonyl (C=O) groups is 7. The number of aryl methyl sites for hydroxylation is 2. The van der Waals surface area contributed by atoms with Gasteiger partial charge in [0.05, 0.1) is 17.1 Å². The molecule has 4 aromatic heterocycles. The second-order valence-corrected chi connectivity index (χ2v) is 9.54. The van der Waals surface area contributed by atoms with Gasteiger partial charge in [-0.3, -0.25) is 54.0 Å². The molecule has 39 heavy (non-hydrogen) atoms. The highest BCUT2D eigenvalue weighted by atomic mass is 32.1. The molecular formula is C22H18N8O7S2. The Morgan fingerprint density at radius 1 is 0.744 bits per heavy atom. The maximum absolute atomic E-state index is 11.6. The van der Waals surface area contributed by atoms with Crippen LogP contribution in [0, 0.1) is 13.8 Å². The van der Waals surface area contributed by atoms with Crippen molar-refractivity contribution < 1.29 is 33.6 Å². The summed E-state index contributed by atoms with van der Waals surface area (Å²) in [5.41, 5.74) is 2.69. The van der Waals surface area contributed by atoms with Gasteiger partial charge in [-0.1, -0.05) is 0 Å². The first-order valence-electron chi connectivity index (χ1n) is 10.9. The minimum atomic E-state index is -0.808. The van der Waals surface area contributed by atoms with Crippen molar-refractivity contribution in [3.63, 3.8) is 0 Å². The Balaban J connectivity index is 0.000000149. The smallest absolute Gasteiger partial charge is 0.296 e. The second-order valence-electron chi connectivity index (χ2n) is 7.79. The molecule has 2 fully saturated rings. The Morgan fingerprint density at radius 3 is 1.69 bits per heavy atom. The van der Waals surface area contributed by atoms with Crippen LogP contribution in [0.2, 0.25) is 0 Å². The largest absolute Gasteiger partial charge is 0.328 e. The Labute approximate surface area is 225 Å². The number of thiazole rings is 2. The molecule has 0 radical (unpaired) electrons. The summed E-state index contributed by atoms with van der Waals surface area (Å²) in [5.74, 6) is -2.52. The van der Waals surface area contributed by atoms with Gasteiger partial charge in [-0.15, -0.1) is 22.7 Å². The number of imide groups is 4. The maximum Gasteiger partial charge on any atom is 0.328 e. The highest BCUT2D eigenvalue weighted by molar-refractivity contribution is 7.15. The van der Waals surface area contributed by atoms with E-state index >= 15 is 0 Å². The molecule has 2 aliphatic heterocycles. The standard InChI is InChI=1S/C11H8N4O3S.C7H6N2OS.C4H4N2O3/c1-5-7(15-2-3-19-11(15)12-5)4-6-8(16)13-10(18)14-9(6)17;1-5-6(4-10)9-2-3-11-7(9)8-5;7-2-1-3(8)6-4(9)5-2/h2-4H,1H3,(H2,13,14,16,17,18);2-4H,1H3;1H2,(H2,5,6,7,8,9). The number of hydrogen-bond acceptors (Lipinski definition) is 11. The summed E-state index contributed by atoms with van der Waals surface area (Å²) in [7, 11) is 0. The molecule has 6 heterocycles. The zero-order valence-corrected chi connectivity index (χ0v) is 21.8. The SMILES string of the molecule is Cc1nc2sccn2c1C=C1C(=O)NC(=O)NC1=O.Cc1nc2sccn2c1C=O.O=C1CC(=O)NC(=O)N1. The summed E-state index contributed by atoms with van der Waals surface area (Å²) in [4.78, 5) is 85.7. The minimum Gasteiger partial charge on any atom is -0.296 e. The summed E-state index contributed by atoms with van der Waals surface area (Å²) < 4.78 is 3.58. The number of rotatable bonds is 2. The number of carbonyl (C=O) groups excluding carboxylic acids is 7. The number of hydrogen-bond donors (Lipinski definition) is 4. The normalized spacial score (nSPS) is 15.0. The van der Waals surface area contributed by atoms with Gasteiger partial charge in [0.1, 0.15) is 17.7 Å². The molecule has 0 unspecified atom stereocenters. The number of aldehydes is 1. The van der Waals surface area contributed by atoms with Crippen molar-refractivity contribution in [2.24, 2.45) is 0 Å². The van der Waals surface area contributed by atoms with Gasteiger partial charge in [-0.25, -0.2) is 19.6 Å². The van der Waals surface area contributed by atoms with Gasteiger partial charge in [-0.2, -0.15) is 0 Å². The molecule has 2 aliphatic rings. The molecule has 4 aromatic rings. The minimum absolute atomic E-state index is 0.115. The van der Waals surface area contributed by atoms with Crippen molar-refractivity contribution in [1.29, 1.82) is 0 Å². The van der Waals surface area contributed by atoms with Crippen LogP contribution in [0.15, 0.2) is 28.7 Å². The van der Waals surface area contributed by atoms with Gasteiger partial charge in [0.2, 0.25) is 11.8 Å². The topological polar surface area (TPSA) is 202 Å². The molecule has 2 saturated heterocycles. The fourth-order valence-electron chi connectivity index (χ4n) is 3.40. The van der Waals surface area contributed by atoms with Crippen LogP contribution in [0.5, 0.6) is 0 Å². The Hall–Kier alpha value is -5.03. The van der Waals surface area contributed by atoms with Crippen molar-refractivity contribution in [2.75, 3.05) is 0 Å². The molecule has 0 aromatic carbocycles. The first-order chi connectivity index (χ1) is 18.6. The van der Waals surface area contributed by atoms with Gasteiger partial charge >= 0.3 is 12.1 Å². The number of barbiturate groups is 2. The number of nitrogens with zero attached hydrogens (tertiary/aromatic N) is 4. The van der Waals surface area contributed by atoms with Gasteiger partial charge in [0, 0.05) is 23.2 Å². The highest BCUT2D eigenvalue weighted by Crippen LogP contribution is 2.20. The first-order valence-corrected chi connectivity index (χ1v) is 12.6. The predicted octanol–water partition coefficient (Wildman–Crippen LogP) is 0.713. The van der Waals surface area contributed by atoms with E-state index in [0.29, 0.717) is 17.1 Å². The average molecular weight is 571 g/mol. The van der Waals surface area contributed by atoms with Crippen LogP contribution in [0.3, 0.4) is 0 Å². The Kier molecular flexibility index (Phi) is 7.73. The van der Waals surface area contributed by atoms with E-state index in [-0.39, 0.29) is 12.0 Å². The molecule has 200 valence electrons. The third-order valence-electron chi connectivity index (χ3n) is 5.13. The zero-order valence-electron chi connectivity index (χ0n) is 20.1. The third kappa shape index (κ3) is 5.94. The lowest BCUT2D eigenvalue weighted by Gasteiger charge is -2.13. The van der Waals surface area contributed by atoms with Crippen molar-refractivity contribution in [2.45, 2.75) is 20.3 Å². The van der Waals surface area contributed by atoms with Gasteiger partial charge in [0.15, 0.2) is 16.2 Å². The molecule has 17 heteroatoms. The lowest BCUT2D eigenvalue weighted by Crippen LogP contribution is -2.51. The number of fused-ring (bicyclic) bond motifs is 2. The summed E-state index contributed by atoms with van der Waals surface area (Å²) in [6, 6.07) is -1.55. The van der Waals surface area contributed by atoms with Crippen LogP contribution in [-0.2, 0) is 19.2 Å². The quantitative estimate of drug-likeness (QED) is 0.116. The maximum atomic E-state index is 11.6. The zero-order chi connectivity index (χ0) is 28.3. The van der Waals surface area contributed by atoms with E-state index in [1.54, 1.807) is 21.9 Å². The van der Waals surface area contributed by atoms with E-state index in [9.17, 15) is 33.6 Å². The second kappa shape index (κ2) is 11.2. The monoisotopic (exact) mass is 570 g/mol.